The molecule has 0 spiro atoms. The lowest BCUT2D eigenvalue weighted by molar-refractivity contribution is -0.143. The van der Waals surface area contributed by atoms with E-state index in [1.54, 1.807) is 25.4 Å². The normalized spacial score (nSPS) is 14.7. The first-order chi connectivity index (χ1) is 6.61. The lowest BCUT2D eigenvalue weighted by Crippen LogP contribution is -2.32. The van der Waals surface area contributed by atoms with Crippen LogP contribution in [0.5, 0.6) is 0 Å². The highest BCUT2D eigenvalue weighted by atomic mass is 16.4. The summed E-state index contributed by atoms with van der Waals surface area (Å²) in [6.07, 6.45) is 4.76. The van der Waals surface area contributed by atoms with Crippen LogP contribution in [0.25, 0.3) is 0 Å². The molecule has 0 aliphatic carbocycles. The molecule has 3 nitrogen and oxygen atoms in total. The van der Waals surface area contributed by atoms with Crippen molar-refractivity contribution in [2.24, 2.45) is 0 Å². The SMILES string of the molecule is CCCC(C)(C(=O)O)c1cccnc1. The zero-order valence-corrected chi connectivity index (χ0v) is 8.53. The molecule has 3 heteroatoms. The van der Waals surface area contributed by atoms with Crippen molar-refractivity contribution >= 4 is 5.97 Å². The van der Waals surface area contributed by atoms with Crippen LogP contribution in [0.4, 0.5) is 0 Å². The molecule has 0 aromatic carbocycles. The Kier molecular flexibility index (Phi) is 3.23. The highest BCUT2D eigenvalue weighted by Crippen LogP contribution is 2.28. The van der Waals surface area contributed by atoms with Gasteiger partial charge < -0.3 is 5.11 Å². The average Bonchev–Trinajstić information content (AvgIpc) is 2.19. The number of aliphatic carboxylic acids is 1. The summed E-state index contributed by atoms with van der Waals surface area (Å²) < 4.78 is 0. The fourth-order valence-electron chi connectivity index (χ4n) is 1.56. The first kappa shape index (κ1) is 10.7. The molecule has 1 N–H and O–H groups in total. The third-order valence-corrected chi connectivity index (χ3v) is 2.52. The quantitative estimate of drug-likeness (QED) is 0.797. The topological polar surface area (TPSA) is 50.2 Å². The fourth-order valence-corrected chi connectivity index (χ4v) is 1.56. The third kappa shape index (κ3) is 1.92. The molecule has 0 amide bonds. The number of pyridine rings is 1. The van der Waals surface area contributed by atoms with Crippen LogP contribution >= 0.6 is 0 Å². The molecule has 1 aromatic heterocycles. The molecule has 1 atom stereocenters. The van der Waals surface area contributed by atoms with Crippen molar-refractivity contribution in [2.75, 3.05) is 0 Å². The van der Waals surface area contributed by atoms with Gasteiger partial charge in [-0.25, -0.2) is 0 Å². The number of carbonyl (C=O) groups is 1. The zero-order valence-electron chi connectivity index (χ0n) is 8.53. The van der Waals surface area contributed by atoms with Gasteiger partial charge in [-0.05, 0) is 25.0 Å². The van der Waals surface area contributed by atoms with Crippen LogP contribution in [0.15, 0.2) is 24.5 Å². The second-order valence-corrected chi connectivity index (χ2v) is 3.63. The molecule has 1 rings (SSSR count). The molecular formula is C11H15NO2. The molecule has 0 radical (unpaired) electrons. The number of rotatable bonds is 4. The van der Waals surface area contributed by atoms with Gasteiger partial charge in [-0.3, -0.25) is 9.78 Å². The first-order valence-corrected chi connectivity index (χ1v) is 4.75. The Labute approximate surface area is 83.8 Å². The van der Waals surface area contributed by atoms with Gasteiger partial charge >= 0.3 is 5.97 Å². The highest BCUT2D eigenvalue weighted by Gasteiger charge is 2.34. The second-order valence-electron chi connectivity index (χ2n) is 3.63. The maximum Gasteiger partial charge on any atom is 0.313 e. The van der Waals surface area contributed by atoms with E-state index in [4.69, 9.17) is 0 Å². The monoisotopic (exact) mass is 193 g/mol. The van der Waals surface area contributed by atoms with Crippen molar-refractivity contribution in [3.8, 4) is 0 Å². The maximum absolute atomic E-state index is 11.2. The lowest BCUT2D eigenvalue weighted by atomic mass is 9.79. The number of hydrogen-bond acceptors (Lipinski definition) is 2. The van der Waals surface area contributed by atoms with E-state index in [-0.39, 0.29) is 0 Å². The summed E-state index contributed by atoms with van der Waals surface area (Å²) in [6, 6.07) is 3.59. The van der Waals surface area contributed by atoms with Gasteiger partial charge in [0.05, 0.1) is 5.41 Å². The summed E-state index contributed by atoms with van der Waals surface area (Å²) in [7, 11) is 0. The molecule has 76 valence electrons. The van der Waals surface area contributed by atoms with Crippen LogP contribution < -0.4 is 0 Å². The van der Waals surface area contributed by atoms with Gasteiger partial charge in [0.2, 0.25) is 0 Å². The Bertz CT molecular complexity index is 310. The fraction of sp³-hybridized carbons (Fsp3) is 0.455. The van der Waals surface area contributed by atoms with Crippen molar-refractivity contribution in [3.05, 3.63) is 30.1 Å². The molecule has 0 aliphatic rings. The molecule has 1 aromatic rings. The smallest absolute Gasteiger partial charge is 0.313 e. The minimum atomic E-state index is -0.803. The van der Waals surface area contributed by atoms with E-state index in [1.807, 2.05) is 13.0 Å². The molecule has 0 aliphatic heterocycles. The van der Waals surface area contributed by atoms with Gasteiger partial charge in [0, 0.05) is 12.4 Å². The molecule has 0 bridgehead atoms. The Morgan fingerprint density at radius 1 is 1.64 bits per heavy atom. The predicted molar refractivity (Wildman–Crippen MR) is 54.1 cm³/mol. The van der Waals surface area contributed by atoms with E-state index < -0.39 is 11.4 Å². The lowest BCUT2D eigenvalue weighted by Gasteiger charge is -2.24. The van der Waals surface area contributed by atoms with Gasteiger partial charge in [-0.2, -0.15) is 0 Å². The summed E-state index contributed by atoms with van der Waals surface area (Å²) in [5, 5.41) is 9.19. The van der Waals surface area contributed by atoms with Gasteiger partial charge in [0.1, 0.15) is 0 Å². The highest BCUT2D eigenvalue weighted by molar-refractivity contribution is 5.80. The minimum absolute atomic E-state index is 0.633. The van der Waals surface area contributed by atoms with E-state index in [9.17, 15) is 9.90 Å². The van der Waals surface area contributed by atoms with Crippen molar-refractivity contribution in [1.82, 2.24) is 4.98 Å². The number of hydrogen-bond donors (Lipinski definition) is 1. The Morgan fingerprint density at radius 3 is 2.79 bits per heavy atom. The molecule has 1 unspecified atom stereocenters. The molecule has 0 saturated heterocycles. The van der Waals surface area contributed by atoms with Crippen LogP contribution in [0, 0.1) is 0 Å². The number of carboxylic acid groups (broad SMARTS) is 1. The molecule has 14 heavy (non-hydrogen) atoms. The minimum Gasteiger partial charge on any atom is -0.481 e. The summed E-state index contributed by atoms with van der Waals surface area (Å²) in [4.78, 5) is 15.1. The standard InChI is InChI=1S/C11H15NO2/c1-3-6-11(2,10(13)14)9-5-4-7-12-8-9/h4-5,7-8H,3,6H2,1-2H3,(H,13,14). The number of carboxylic acids is 1. The van der Waals surface area contributed by atoms with E-state index >= 15 is 0 Å². The zero-order chi connectivity index (χ0) is 10.6. The van der Waals surface area contributed by atoms with Crippen molar-refractivity contribution in [3.63, 3.8) is 0 Å². The van der Waals surface area contributed by atoms with E-state index in [2.05, 4.69) is 4.98 Å². The molecule has 0 fully saturated rings. The molecule has 1 heterocycles. The number of nitrogens with zero attached hydrogens (tertiary/aromatic N) is 1. The first-order valence-electron chi connectivity index (χ1n) is 4.75. The average molecular weight is 193 g/mol. The maximum atomic E-state index is 11.2. The van der Waals surface area contributed by atoms with Crippen LogP contribution in [0.1, 0.15) is 32.3 Å². The third-order valence-electron chi connectivity index (χ3n) is 2.52. The van der Waals surface area contributed by atoms with Crippen LogP contribution in [0.2, 0.25) is 0 Å². The van der Waals surface area contributed by atoms with Crippen LogP contribution in [-0.2, 0) is 10.2 Å². The summed E-state index contributed by atoms with van der Waals surface area (Å²) in [5.41, 5.74) is -0.0300. The summed E-state index contributed by atoms with van der Waals surface area (Å²) in [6.45, 7) is 3.73. The van der Waals surface area contributed by atoms with Crippen molar-refractivity contribution in [2.45, 2.75) is 32.1 Å². The Hall–Kier alpha value is -1.38. The summed E-state index contributed by atoms with van der Waals surface area (Å²) in [5.74, 6) is -0.785. The van der Waals surface area contributed by atoms with Crippen LogP contribution in [0.3, 0.4) is 0 Å². The molecule has 0 saturated carbocycles. The summed E-state index contributed by atoms with van der Waals surface area (Å²) >= 11 is 0. The van der Waals surface area contributed by atoms with Crippen molar-refractivity contribution < 1.29 is 9.90 Å². The van der Waals surface area contributed by atoms with Gasteiger partial charge in [0.15, 0.2) is 0 Å². The van der Waals surface area contributed by atoms with Gasteiger partial charge in [-0.1, -0.05) is 19.4 Å². The van der Waals surface area contributed by atoms with Gasteiger partial charge in [-0.15, -0.1) is 0 Å². The Balaban J connectivity index is 3.06. The predicted octanol–water partition coefficient (Wildman–Crippen LogP) is 2.22. The van der Waals surface area contributed by atoms with E-state index in [1.165, 1.54) is 0 Å². The van der Waals surface area contributed by atoms with E-state index in [0.717, 1.165) is 12.0 Å². The van der Waals surface area contributed by atoms with Gasteiger partial charge in [0.25, 0.3) is 0 Å². The molecular weight excluding hydrogens is 178 g/mol. The largest absolute Gasteiger partial charge is 0.481 e. The van der Waals surface area contributed by atoms with Crippen LogP contribution in [-0.4, -0.2) is 16.1 Å². The van der Waals surface area contributed by atoms with E-state index in [0.29, 0.717) is 6.42 Å². The second kappa shape index (κ2) is 4.22. The number of aromatic nitrogens is 1. The van der Waals surface area contributed by atoms with Crippen molar-refractivity contribution in [1.29, 1.82) is 0 Å². The Morgan fingerprint density at radius 2 is 2.36 bits per heavy atom.